The highest BCUT2D eigenvalue weighted by molar-refractivity contribution is 6.06. The monoisotopic (exact) mass is 440 g/mol. The van der Waals surface area contributed by atoms with Gasteiger partial charge in [-0.3, -0.25) is 4.79 Å². The van der Waals surface area contributed by atoms with Crippen molar-refractivity contribution in [3.05, 3.63) is 89.5 Å². The van der Waals surface area contributed by atoms with Crippen LogP contribution in [0.1, 0.15) is 27.4 Å². The minimum Gasteiger partial charge on any atom is -0.497 e. The molecule has 0 aliphatic rings. The molecule has 7 heteroatoms. The maximum absolute atomic E-state index is 13.2. The fourth-order valence-corrected chi connectivity index (χ4v) is 4.03. The number of carbonyl (C=O) groups is 1. The van der Waals surface area contributed by atoms with Gasteiger partial charge in [0.15, 0.2) is 0 Å². The minimum absolute atomic E-state index is 0.215. The van der Waals surface area contributed by atoms with Crippen molar-refractivity contribution < 1.29 is 13.9 Å². The number of hydrogen-bond donors (Lipinski definition) is 2. The number of nitrogens with one attached hydrogen (secondary N) is 2. The van der Waals surface area contributed by atoms with Crippen LogP contribution in [0.3, 0.4) is 0 Å². The van der Waals surface area contributed by atoms with Gasteiger partial charge in [0.1, 0.15) is 23.2 Å². The summed E-state index contributed by atoms with van der Waals surface area (Å²) in [4.78, 5) is 21.4. The van der Waals surface area contributed by atoms with Gasteiger partial charge in [-0.2, -0.15) is 0 Å². The summed E-state index contributed by atoms with van der Waals surface area (Å²) in [6.45, 7) is 4.56. The zero-order valence-corrected chi connectivity index (χ0v) is 18.7. The number of imidazole rings is 1. The van der Waals surface area contributed by atoms with Gasteiger partial charge in [0.2, 0.25) is 0 Å². The Labute approximate surface area is 191 Å². The van der Waals surface area contributed by atoms with Gasteiger partial charge in [0, 0.05) is 11.3 Å². The van der Waals surface area contributed by atoms with Crippen LogP contribution in [-0.2, 0) is 6.54 Å². The third-order valence-electron chi connectivity index (χ3n) is 5.93. The van der Waals surface area contributed by atoms with E-state index < -0.39 is 0 Å². The molecule has 0 aliphatic carbocycles. The van der Waals surface area contributed by atoms with Crippen molar-refractivity contribution in [2.45, 2.75) is 20.4 Å². The summed E-state index contributed by atoms with van der Waals surface area (Å²) >= 11 is 0. The van der Waals surface area contributed by atoms with Crippen LogP contribution in [-0.4, -0.2) is 27.6 Å². The summed E-state index contributed by atoms with van der Waals surface area (Å²) in [5.41, 5.74) is 5.26. The molecule has 0 saturated carbocycles. The third kappa shape index (κ3) is 3.78. The van der Waals surface area contributed by atoms with Gasteiger partial charge in [-0.15, -0.1) is 0 Å². The predicted octanol–water partition coefficient (Wildman–Crippen LogP) is 5.55. The highest BCUT2D eigenvalue weighted by Gasteiger charge is 2.24. The minimum atomic E-state index is -0.215. The van der Waals surface area contributed by atoms with Crippen molar-refractivity contribution >= 4 is 22.8 Å². The smallest absolute Gasteiger partial charge is 0.256 e. The molecule has 3 aromatic heterocycles. The molecule has 3 heterocycles. The van der Waals surface area contributed by atoms with E-state index in [4.69, 9.17) is 14.1 Å². The van der Waals surface area contributed by atoms with Crippen LogP contribution in [0.15, 0.2) is 71.3 Å². The highest BCUT2D eigenvalue weighted by atomic mass is 16.5. The second kappa shape index (κ2) is 8.35. The molecule has 0 fully saturated rings. The summed E-state index contributed by atoms with van der Waals surface area (Å²) in [7, 11) is 1.60. The molecule has 0 radical (unpaired) electrons. The second-order valence-corrected chi connectivity index (χ2v) is 7.88. The van der Waals surface area contributed by atoms with Gasteiger partial charge >= 0.3 is 0 Å². The van der Waals surface area contributed by atoms with E-state index in [1.54, 1.807) is 37.6 Å². The molecular formula is C26H24N4O3. The number of carbonyl (C=O) groups excluding carboxylic acids is 1. The number of para-hydroxylation sites is 2. The Bertz CT molecular complexity index is 1390. The van der Waals surface area contributed by atoms with Crippen molar-refractivity contribution in [1.82, 2.24) is 14.5 Å². The van der Waals surface area contributed by atoms with Crippen LogP contribution in [0.2, 0.25) is 0 Å². The first kappa shape index (κ1) is 20.6. The molecule has 1 amide bonds. The fraction of sp³-hybridized carbons (Fsp3) is 0.154. The van der Waals surface area contributed by atoms with Crippen LogP contribution in [0.25, 0.3) is 22.4 Å². The molecule has 5 rings (SSSR count). The van der Waals surface area contributed by atoms with Crippen molar-refractivity contribution in [2.24, 2.45) is 0 Å². The van der Waals surface area contributed by atoms with Gasteiger partial charge < -0.3 is 24.0 Å². The summed E-state index contributed by atoms with van der Waals surface area (Å²) < 4.78 is 12.9. The number of aromatic nitrogens is 3. The quantitative estimate of drug-likeness (QED) is 0.362. The lowest BCUT2D eigenvalue weighted by Crippen LogP contribution is -2.16. The van der Waals surface area contributed by atoms with Crippen LogP contribution in [0.4, 0.5) is 5.82 Å². The molecule has 0 atom stereocenters. The van der Waals surface area contributed by atoms with E-state index in [-0.39, 0.29) is 5.91 Å². The van der Waals surface area contributed by atoms with Gasteiger partial charge in [0.25, 0.3) is 5.91 Å². The Morgan fingerprint density at radius 3 is 2.58 bits per heavy atom. The van der Waals surface area contributed by atoms with E-state index in [1.807, 2.05) is 50.2 Å². The van der Waals surface area contributed by atoms with E-state index in [2.05, 4.69) is 14.9 Å². The number of furan rings is 1. The number of H-pyrrole nitrogens is 1. The zero-order valence-electron chi connectivity index (χ0n) is 18.7. The van der Waals surface area contributed by atoms with Crippen LogP contribution >= 0.6 is 0 Å². The molecule has 0 spiro atoms. The van der Waals surface area contributed by atoms with E-state index in [0.717, 1.165) is 33.6 Å². The number of methoxy groups -OCH3 is 1. The third-order valence-corrected chi connectivity index (χ3v) is 5.93. The lowest BCUT2D eigenvalue weighted by atomic mass is 10.1. The first-order valence-electron chi connectivity index (χ1n) is 10.7. The normalized spacial score (nSPS) is 11.1. The van der Waals surface area contributed by atoms with Gasteiger partial charge in [-0.1, -0.05) is 12.1 Å². The fourth-order valence-electron chi connectivity index (χ4n) is 4.03. The Morgan fingerprint density at radius 1 is 1.09 bits per heavy atom. The number of amides is 1. The highest BCUT2D eigenvalue weighted by Crippen LogP contribution is 2.36. The standard InChI is InChI=1S/C26H24N4O3/c1-16-17(2)30(15-20-7-6-14-33-20)25(29-26(31)18-10-12-19(32-3)13-11-18)23(16)24-27-21-8-4-5-9-22(21)28-24/h4-14H,15H2,1-3H3,(H,27,28)(H,29,31). The maximum Gasteiger partial charge on any atom is 0.256 e. The summed E-state index contributed by atoms with van der Waals surface area (Å²) in [5.74, 6) is 2.65. The number of fused-ring (bicyclic) bond motifs is 1. The molecule has 2 aromatic carbocycles. The predicted molar refractivity (Wildman–Crippen MR) is 128 cm³/mol. The van der Waals surface area contributed by atoms with E-state index in [1.165, 1.54) is 0 Å². The summed E-state index contributed by atoms with van der Waals surface area (Å²) in [6.07, 6.45) is 1.65. The molecule has 33 heavy (non-hydrogen) atoms. The van der Waals surface area contributed by atoms with E-state index in [9.17, 15) is 4.79 Å². The second-order valence-electron chi connectivity index (χ2n) is 7.88. The van der Waals surface area contributed by atoms with Gasteiger partial charge in [-0.25, -0.2) is 4.98 Å². The van der Waals surface area contributed by atoms with E-state index in [0.29, 0.717) is 29.5 Å². The average molecular weight is 441 g/mol. The largest absolute Gasteiger partial charge is 0.497 e. The van der Waals surface area contributed by atoms with Crippen LogP contribution < -0.4 is 10.1 Å². The summed E-state index contributed by atoms with van der Waals surface area (Å²) in [6, 6.07) is 18.7. The van der Waals surface area contributed by atoms with Crippen molar-refractivity contribution in [2.75, 3.05) is 12.4 Å². The lowest BCUT2D eigenvalue weighted by Gasteiger charge is -2.13. The topological polar surface area (TPSA) is 85.1 Å². The van der Waals surface area contributed by atoms with Crippen molar-refractivity contribution in [3.63, 3.8) is 0 Å². The Kier molecular flexibility index (Phi) is 5.22. The van der Waals surface area contributed by atoms with Crippen molar-refractivity contribution in [3.8, 4) is 17.1 Å². The summed E-state index contributed by atoms with van der Waals surface area (Å²) in [5, 5.41) is 3.13. The first-order chi connectivity index (χ1) is 16.0. The first-order valence-corrected chi connectivity index (χ1v) is 10.7. The Morgan fingerprint density at radius 2 is 1.88 bits per heavy atom. The molecule has 0 saturated heterocycles. The molecule has 0 bridgehead atoms. The molecule has 2 N–H and O–H groups in total. The average Bonchev–Trinajstić information content (AvgIpc) is 3.55. The Balaban J connectivity index is 1.62. The molecular weight excluding hydrogens is 416 g/mol. The zero-order chi connectivity index (χ0) is 22.9. The number of anilines is 1. The maximum atomic E-state index is 13.2. The molecule has 0 aliphatic heterocycles. The van der Waals surface area contributed by atoms with Crippen LogP contribution in [0, 0.1) is 13.8 Å². The van der Waals surface area contributed by atoms with Gasteiger partial charge in [0.05, 0.1) is 36.5 Å². The number of benzene rings is 2. The van der Waals surface area contributed by atoms with E-state index >= 15 is 0 Å². The molecule has 0 unspecified atom stereocenters. The molecule has 166 valence electrons. The number of nitrogens with zero attached hydrogens (tertiary/aromatic N) is 2. The number of aromatic amines is 1. The van der Waals surface area contributed by atoms with Crippen molar-refractivity contribution in [1.29, 1.82) is 0 Å². The molecule has 7 nitrogen and oxygen atoms in total. The number of hydrogen-bond acceptors (Lipinski definition) is 4. The SMILES string of the molecule is COc1ccc(C(=O)Nc2c(-c3nc4ccccc4[nH]3)c(C)c(C)n2Cc2ccco2)cc1. The lowest BCUT2D eigenvalue weighted by molar-refractivity contribution is 0.102. The van der Waals surface area contributed by atoms with Gasteiger partial charge in [-0.05, 0) is 67.9 Å². The van der Waals surface area contributed by atoms with Crippen LogP contribution in [0.5, 0.6) is 5.75 Å². The molecule has 5 aromatic rings. The Hall–Kier alpha value is -4.26. The number of ether oxygens (including phenoxy) is 1. The number of rotatable bonds is 6.